The quantitative estimate of drug-likeness (QED) is 0.283. The molecule has 42 heavy (non-hydrogen) atoms. The SMILES string of the molecule is CCOc1ccccc1N(CC(=O)NCCOc1ccc(S(=O)(=O)N2CCOCC2)cc1)S(=O)(=O)c1ccc(Cl)cc1. The fourth-order valence-electron chi connectivity index (χ4n) is 4.16. The van der Waals surface area contributed by atoms with Crippen LogP contribution < -0.4 is 19.1 Å². The zero-order valence-electron chi connectivity index (χ0n) is 22.9. The zero-order valence-corrected chi connectivity index (χ0v) is 25.3. The van der Waals surface area contributed by atoms with Crippen LogP contribution >= 0.6 is 11.6 Å². The summed E-state index contributed by atoms with van der Waals surface area (Å²) in [4.78, 5) is 13.0. The number of nitrogens with one attached hydrogen (secondary N) is 1. The molecule has 0 bridgehead atoms. The molecule has 0 saturated carbocycles. The van der Waals surface area contributed by atoms with E-state index >= 15 is 0 Å². The molecule has 1 N–H and O–H groups in total. The average Bonchev–Trinajstić information content (AvgIpc) is 2.99. The molecule has 0 atom stereocenters. The number of rotatable bonds is 13. The standard InChI is InChI=1S/C28H32ClN3O8S2/c1-2-39-27-6-4-3-5-26(27)32(42(36,37)25-11-7-22(29)8-12-25)21-28(33)30-15-18-40-23-9-13-24(14-10-23)41(34,35)31-16-19-38-20-17-31/h3-14H,2,15-21H2,1H3,(H,30,33). The highest BCUT2D eigenvalue weighted by Gasteiger charge is 2.30. The highest BCUT2D eigenvalue weighted by Crippen LogP contribution is 2.32. The van der Waals surface area contributed by atoms with Crippen LogP contribution in [0.1, 0.15) is 6.92 Å². The molecule has 1 fully saturated rings. The summed E-state index contributed by atoms with van der Waals surface area (Å²) < 4.78 is 71.7. The second kappa shape index (κ2) is 14.2. The van der Waals surface area contributed by atoms with Crippen molar-refractivity contribution in [3.05, 3.63) is 77.8 Å². The van der Waals surface area contributed by atoms with Gasteiger partial charge in [0, 0.05) is 18.1 Å². The number of nitrogens with zero attached hydrogens (tertiary/aromatic N) is 2. The maximum atomic E-state index is 13.6. The van der Waals surface area contributed by atoms with Gasteiger partial charge in [-0.15, -0.1) is 0 Å². The van der Waals surface area contributed by atoms with E-state index in [1.54, 1.807) is 43.3 Å². The van der Waals surface area contributed by atoms with Crippen molar-refractivity contribution in [3.8, 4) is 11.5 Å². The molecule has 1 saturated heterocycles. The van der Waals surface area contributed by atoms with E-state index in [2.05, 4.69) is 5.32 Å². The first-order valence-electron chi connectivity index (χ1n) is 13.2. The van der Waals surface area contributed by atoms with E-state index in [9.17, 15) is 21.6 Å². The van der Waals surface area contributed by atoms with Gasteiger partial charge >= 0.3 is 0 Å². The van der Waals surface area contributed by atoms with Crippen molar-refractivity contribution in [2.24, 2.45) is 0 Å². The van der Waals surface area contributed by atoms with Crippen LogP contribution in [0.2, 0.25) is 5.02 Å². The molecule has 0 aromatic heterocycles. The highest BCUT2D eigenvalue weighted by atomic mass is 35.5. The zero-order chi connectivity index (χ0) is 30.2. The lowest BCUT2D eigenvalue weighted by atomic mass is 10.3. The Hall–Kier alpha value is -3.36. The van der Waals surface area contributed by atoms with Gasteiger partial charge in [0.2, 0.25) is 15.9 Å². The first-order valence-corrected chi connectivity index (χ1v) is 16.5. The number of ether oxygens (including phenoxy) is 3. The molecule has 0 radical (unpaired) electrons. The Morgan fingerprint density at radius 3 is 2.24 bits per heavy atom. The number of halogens is 1. The first-order chi connectivity index (χ1) is 20.1. The Labute approximate surface area is 251 Å². The second-order valence-electron chi connectivity index (χ2n) is 9.05. The van der Waals surface area contributed by atoms with Gasteiger partial charge in [0.15, 0.2) is 0 Å². The lowest BCUT2D eigenvalue weighted by Crippen LogP contribution is -2.42. The van der Waals surface area contributed by atoms with Crippen LogP contribution in [-0.2, 0) is 29.6 Å². The third-order valence-electron chi connectivity index (χ3n) is 6.25. The highest BCUT2D eigenvalue weighted by molar-refractivity contribution is 7.93. The van der Waals surface area contributed by atoms with Gasteiger partial charge in [0.25, 0.3) is 10.0 Å². The summed E-state index contributed by atoms with van der Waals surface area (Å²) in [6.45, 7) is 3.03. The number of para-hydroxylation sites is 2. The third kappa shape index (κ3) is 7.72. The Bertz CT molecular complexity index is 1560. The lowest BCUT2D eigenvalue weighted by Gasteiger charge is -2.26. The van der Waals surface area contributed by atoms with E-state index in [4.69, 9.17) is 25.8 Å². The van der Waals surface area contributed by atoms with Crippen LogP contribution in [0.5, 0.6) is 11.5 Å². The molecule has 11 nitrogen and oxygen atoms in total. The number of hydrogen-bond acceptors (Lipinski definition) is 8. The van der Waals surface area contributed by atoms with E-state index in [1.807, 2.05) is 0 Å². The summed E-state index contributed by atoms with van der Waals surface area (Å²) in [7, 11) is -7.78. The number of anilines is 1. The molecule has 4 rings (SSSR count). The van der Waals surface area contributed by atoms with E-state index < -0.39 is 32.5 Å². The van der Waals surface area contributed by atoms with Crippen molar-refractivity contribution in [3.63, 3.8) is 0 Å². The van der Waals surface area contributed by atoms with Crippen LogP contribution in [-0.4, -0.2) is 79.7 Å². The molecule has 226 valence electrons. The van der Waals surface area contributed by atoms with Crippen molar-refractivity contribution in [1.29, 1.82) is 0 Å². The minimum Gasteiger partial charge on any atom is -0.492 e. The van der Waals surface area contributed by atoms with Gasteiger partial charge in [-0.25, -0.2) is 16.8 Å². The van der Waals surface area contributed by atoms with Crippen LogP contribution in [0.4, 0.5) is 5.69 Å². The minimum atomic E-state index is -4.16. The summed E-state index contributed by atoms with van der Waals surface area (Å²) in [6.07, 6.45) is 0. The molecule has 3 aromatic rings. The molecule has 0 aliphatic carbocycles. The Morgan fingerprint density at radius 1 is 0.929 bits per heavy atom. The molecule has 0 spiro atoms. The fraction of sp³-hybridized carbons (Fsp3) is 0.321. The molecule has 0 unspecified atom stereocenters. The van der Waals surface area contributed by atoms with Gasteiger partial charge in [-0.05, 0) is 67.6 Å². The number of benzene rings is 3. The van der Waals surface area contributed by atoms with Crippen molar-refractivity contribution >= 4 is 43.2 Å². The molecule has 14 heteroatoms. The van der Waals surface area contributed by atoms with E-state index in [-0.39, 0.29) is 28.6 Å². The first kappa shape index (κ1) is 31.6. The maximum Gasteiger partial charge on any atom is 0.264 e. The van der Waals surface area contributed by atoms with Crippen molar-refractivity contribution in [2.75, 3.05) is 56.9 Å². The van der Waals surface area contributed by atoms with Gasteiger partial charge in [-0.3, -0.25) is 9.10 Å². The largest absolute Gasteiger partial charge is 0.492 e. The monoisotopic (exact) mass is 637 g/mol. The summed E-state index contributed by atoms with van der Waals surface area (Å²) >= 11 is 5.95. The lowest BCUT2D eigenvalue weighted by molar-refractivity contribution is -0.119. The summed E-state index contributed by atoms with van der Waals surface area (Å²) in [6, 6.07) is 18.3. The molecular weight excluding hydrogens is 606 g/mol. The number of hydrogen-bond donors (Lipinski definition) is 1. The molecule has 1 amide bonds. The normalized spacial score (nSPS) is 14.2. The van der Waals surface area contributed by atoms with E-state index in [0.29, 0.717) is 49.4 Å². The Morgan fingerprint density at radius 2 is 1.57 bits per heavy atom. The number of carbonyl (C=O) groups excluding carboxylic acids is 1. The van der Waals surface area contributed by atoms with Gasteiger partial charge < -0.3 is 19.5 Å². The fourth-order valence-corrected chi connectivity index (χ4v) is 7.13. The van der Waals surface area contributed by atoms with Gasteiger partial charge in [-0.1, -0.05) is 23.7 Å². The predicted octanol–water partition coefficient (Wildman–Crippen LogP) is 3.15. The van der Waals surface area contributed by atoms with Crippen LogP contribution in [0.25, 0.3) is 0 Å². The van der Waals surface area contributed by atoms with Gasteiger partial charge in [-0.2, -0.15) is 4.31 Å². The topological polar surface area (TPSA) is 132 Å². The van der Waals surface area contributed by atoms with E-state index in [1.165, 1.54) is 40.7 Å². The summed E-state index contributed by atoms with van der Waals surface area (Å²) in [5.74, 6) is 0.171. The van der Waals surface area contributed by atoms with Gasteiger partial charge in [0.05, 0.1) is 41.8 Å². The Kier molecular flexibility index (Phi) is 10.7. The van der Waals surface area contributed by atoms with Crippen LogP contribution in [0.15, 0.2) is 82.6 Å². The summed E-state index contributed by atoms with van der Waals surface area (Å²) in [5.41, 5.74) is 0.216. The molecule has 3 aromatic carbocycles. The molecule has 1 heterocycles. The van der Waals surface area contributed by atoms with Crippen molar-refractivity contribution < 1.29 is 35.8 Å². The number of morpholine rings is 1. The van der Waals surface area contributed by atoms with Gasteiger partial charge in [0.1, 0.15) is 24.7 Å². The predicted molar refractivity (Wildman–Crippen MR) is 158 cm³/mol. The van der Waals surface area contributed by atoms with Crippen molar-refractivity contribution in [1.82, 2.24) is 9.62 Å². The number of carbonyl (C=O) groups is 1. The number of sulfonamides is 2. The minimum absolute atomic E-state index is 0.0339. The van der Waals surface area contributed by atoms with E-state index in [0.717, 1.165) is 4.31 Å². The summed E-state index contributed by atoms with van der Waals surface area (Å²) in [5, 5.41) is 3.05. The van der Waals surface area contributed by atoms with Crippen LogP contribution in [0, 0.1) is 0 Å². The number of amides is 1. The average molecular weight is 638 g/mol. The molecule has 1 aliphatic heterocycles. The van der Waals surface area contributed by atoms with Crippen molar-refractivity contribution in [2.45, 2.75) is 16.7 Å². The third-order valence-corrected chi connectivity index (χ3v) is 10.2. The Balaban J connectivity index is 1.39. The van der Waals surface area contributed by atoms with Crippen LogP contribution in [0.3, 0.4) is 0 Å². The maximum absolute atomic E-state index is 13.6. The molecular formula is C28H32ClN3O8S2. The second-order valence-corrected chi connectivity index (χ2v) is 13.3. The molecule has 1 aliphatic rings. The smallest absolute Gasteiger partial charge is 0.264 e.